The molecule has 132 valence electrons. The highest BCUT2D eigenvalue weighted by Gasteiger charge is 2.30. The van der Waals surface area contributed by atoms with Gasteiger partial charge in [-0.3, -0.25) is 0 Å². The van der Waals surface area contributed by atoms with E-state index in [0.717, 1.165) is 17.3 Å². The van der Waals surface area contributed by atoms with Crippen LogP contribution >= 0.6 is 11.6 Å². The number of hydrogen-bond donors (Lipinski definition) is 1. The summed E-state index contributed by atoms with van der Waals surface area (Å²) >= 11 is 6.15. The molecule has 3 nitrogen and oxygen atoms in total. The Kier molecular flexibility index (Phi) is 5.30. The summed E-state index contributed by atoms with van der Waals surface area (Å²) < 4.78 is 38.1. The van der Waals surface area contributed by atoms with E-state index in [1.165, 1.54) is 12.1 Å². The van der Waals surface area contributed by atoms with Crippen molar-refractivity contribution in [1.82, 2.24) is 0 Å². The molecule has 1 aliphatic heterocycles. The van der Waals surface area contributed by atoms with Gasteiger partial charge in [-0.1, -0.05) is 47.1 Å². The number of nitrogens with zero attached hydrogens (tertiary/aromatic N) is 1. The highest BCUT2D eigenvalue weighted by atomic mass is 35.5. The highest BCUT2D eigenvalue weighted by molar-refractivity contribution is 6.34. The number of hydrogen-bond acceptors (Lipinski definition) is 2. The average Bonchev–Trinajstić information content (AvgIpc) is 3.03. The molecule has 0 saturated carbocycles. The minimum absolute atomic E-state index is 0.114. The topological polar surface area (TPSA) is 38.2 Å². The predicted octanol–water partition coefficient (Wildman–Crippen LogP) is 3.62. The number of alkyl halides is 3. The van der Waals surface area contributed by atoms with Gasteiger partial charge in [-0.05, 0) is 18.2 Å². The largest absolute Gasteiger partial charge is 0.416 e. The van der Waals surface area contributed by atoms with Crippen LogP contribution in [0.1, 0.15) is 23.1 Å². The third kappa shape index (κ3) is 4.52. The lowest BCUT2D eigenvalue weighted by molar-refractivity contribution is -0.676. The van der Waals surface area contributed by atoms with Crippen molar-refractivity contribution in [2.45, 2.75) is 25.2 Å². The standard InChI is InChI=1S/C18H16ClF3N2O/c19-16-7-2-1-6-15(16)17-9-14(25-24-17)11-23-10-12-4-3-5-13(8-12)18(20,21)22/h1-8,14,23H,9-11H2/p+1/t14-/m0/s1. The van der Waals surface area contributed by atoms with E-state index in [-0.39, 0.29) is 6.10 Å². The van der Waals surface area contributed by atoms with Crippen molar-refractivity contribution in [3.63, 3.8) is 0 Å². The van der Waals surface area contributed by atoms with E-state index in [0.29, 0.717) is 30.1 Å². The van der Waals surface area contributed by atoms with Gasteiger partial charge in [-0.25, -0.2) is 0 Å². The van der Waals surface area contributed by atoms with Crippen LogP contribution in [0.2, 0.25) is 5.02 Å². The van der Waals surface area contributed by atoms with Gasteiger partial charge in [0.1, 0.15) is 13.1 Å². The van der Waals surface area contributed by atoms with Gasteiger partial charge in [0, 0.05) is 22.6 Å². The number of quaternary nitrogens is 1. The Balaban J connectivity index is 1.51. The normalized spacial score (nSPS) is 17.3. The first-order valence-electron chi connectivity index (χ1n) is 7.89. The maximum absolute atomic E-state index is 12.7. The van der Waals surface area contributed by atoms with Gasteiger partial charge < -0.3 is 10.2 Å². The predicted molar refractivity (Wildman–Crippen MR) is 89.4 cm³/mol. The molecular weight excluding hydrogens is 353 g/mol. The molecule has 1 aliphatic rings. The van der Waals surface area contributed by atoms with Crippen molar-refractivity contribution in [2.24, 2.45) is 5.16 Å². The lowest BCUT2D eigenvalue weighted by atomic mass is 10.0. The van der Waals surface area contributed by atoms with E-state index < -0.39 is 11.7 Å². The molecule has 1 heterocycles. The summed E-state index contributed by atoms with van der Waals surface area (Å²) in [6, 6.07) is 12.8. The fraction of sp³-hybridized carbons (Fsp3) is 0.278. The van der Waals surface area contributed by atoms with E-state index >= 15 is 0 Å². The first-order valence-corrected chi connectivity index (χ1v) is 8.26. The molecule has 0 unspecified atom stereocenters. The number of rotatable bonds is 5. The molecule has 2 N–H and O–H groups in total. The molecule has 2 aromatic carbocycles. The Morgan fingerprint density at radius 1 is 1.16 bits per heavy atom. The van der Waals surface area contributed by atoms with E-state index in [1.54, 1.807) is 12.1 Å². The van der Waals surface area contributed by atoms with Gasteiger partial charge in [-0.2, -0.15) is 13.2 Å². The van der Waals surface area contributed by atoms with E-state index in [9.17, 15) is 13.2 Å². The fourth-order valence-corrected chi connectivity index (χ4v) is 2.96. The smallest absolute Gasteiger partial charge is 0.386 e. The molecule has 0 radical (unpaired) electrons. The van der Waals surface area contributed by atoms with Crippen LogP contribution in [0.3, 0.4) is 0 Å². The van der Waals surface area contributed by atoms with Crippen molar-refractivity contribution in [2.75, 3.05) is 6.54 Å². The Morgan fingerprint density at radius 2 is 1.96 bits per heavy atom. The second-order valence-electron chi connectivity index (χ2n) is 5.88. The van der Waals surface area contributed by atoms with Gasteiger partial charge in [0.25, 0.3) is 0 Å². The molecule has 1 atom stereocenters. The Hall–Kier alpha value is -2.05. The van der Waals surface area contributed by atoms with Crippen LogP contribution in [0.15, 0.2) is 53.7 Å². The molecular formula is C18H17ClF3N2O+. The zero-order valence-electron chi connectivity index (χ0n) is 13.3. The third-order valence-corrected chi connectivity index (χ3v) is 4.31. The summed E-state index contributed by atoms with van der Waals surface area (Å²) in [4.78, 5) is 5.41. The zero-order valence-corrected chi connectivity index (χ0v) is 14.0. The minimum Gasteiger partial charge on any atom is -0.386 e. The van der Waals surface area contributed by atoms with Gasteiger partial charge in [-0.15, -0.1) is 0 Å². The zero-order chi connectivity index (χ0) is 17.9. The molecule has 0 bridgehead atoms. The van der Waals surface area contributed by atoms with Gasteiger partial charge >= 0.3 is 6.18 Å². The van der Waals surface area contributed by atoms with Gasteiger partial charge in [0.05, 0.1) is 11.3 Å². The quantitative estimate of drug-likeness (QED) is 0.859. The van der Waals surface area contributed by atoms with Crippen LogP contribution in [0.4, 0.5) is 13.2 Å². The second-order valence-corrected chi connectivity index (χ2v) is 6.28. The number of nitrogens with two attached hydrogens (primary N) is 1. The lowest BCUT2D eigenvalue weighted by Crippen LogP contribution is -2.84. The monoisotopic (exact) mass is 369 g/mol. The summed E-state index contributed by atoms with van der Waals surface area (Å²) in [5.74, 6) is 0. The number of halogens is 4. The van der Waals surface area contributed by atoms with Crippen molar-refractivity contribution < 1.29 is 23.3 Å². The summed E-state index contributed by atoms with van der Waals surface area (Å²) in [6.07, 6.45) is -3.80. The molecule has 2 aromatic rings. The van der Waals surface area contributed by atoms with Gasteiger partial charge in [0.15, 0.2) is 6.10 Å². The first-order chi connectivity index (χ1) is 11.9. The fourth-order valence-electron chi connectivity index (χ4n) is 2.72. The molecule has 0 spiro atoms. The van der Waals surface area contributed by atoms with Crippen molar-refractivity contribution in [1.29, 1.82) is 0 Å². The molecule has 0 aliphatic carbocycles. The molecule has 7 heteroatoms. The number of benzene rings is 2. The molecule has 0 saturated heterocycles. The summed E-state index contributed by atoms with van der Waals surface area (Å²) in [7, 11) is 0. The Morgan fingerprint density at radius 3 is 2.72 bits per heavy atom. The molecule has 3 rings (SSSR count). The maximum Gasteiger partial charge on any atom is 0.416 e. The van der Waals surface area contributed by atoms with Crippen LogP contribution in [0, 0.1) is 0 Å². The van der Waals surface area contributed by atoms with E-state index in [2.05, 4.69) is 5.16 Å². The summed E-state index contributed by atoms with van der Waals surface area (Å²) in [5.41, 5.74) is 1.65. The molecule has 0 amide bonds. The Bertz CT molecular complexity index is 777. The maximum atomic E-state index is 12.7. The lowest BCUT2D eigenvalue weighted by Gasteiger charge is -2.10. The van der Waals surface area contributed by atoms with Crippen LogP contribution in [0.25, 0.3) is 0 Å². The van der Waals surface area contributed by atoms with E-state index in [4.69, 9.17) is 16.4 Å². The SMILES string of the molecule is FC(F)(F)c1cccc(C[NH2+]C[C@@H]2CC(c3ccccc3Cl)=NO2)c1. The second kappa shape index (κ2) is 7.45. The van der Waals surface area contributed by atoms with Crippen LogP contribution in [-0.2, 0) is 17.6 Å². The van der Waals surface area contributed by atoms with Gasteiger partial charge in [0.2, 0.25) is 0 Å². The Labute approximate surface area is 148 Å². The summed E-state index contributed by atoms with van der Waals surface area (Å²) in [6.45, 7) is 1.05. The van der Waals surface area contributed by atoms with Crippen LogP contribution < -0.4 is 5.32 Å². The minimum atomic E-state index is -4.32. The highest BCUT2D eigenvalue weighted by Crippen LogP contribution is 2.29. The van der Waals surface area contributed by atoms with Crippen molar-refractivity contribution in [3.05, 3.63) is 70.2 Å². The molecule has 0 fully saturated rings. The molecule has 25 heavy (non-hydrogen) atoms. The van der Waals surface area contributed by atoms with Crippen LogP contribution in [-0.4, -0.2) is 18.4 Å². The third-order valence-electron chi connectivity index (χ3n) is 3.98. The average molecular weight is 370 g/mol. The summed E-state index contributed by atoms with van der Waals surface area (Å²) in [5, 5.41) is 6.63. The number of oxime groups is 1. The van der Waals surface area contributed by atoms with Crippen LogP contribution in [0.5, 0.6) is 0 Å². The van der Waals surface area contributed by atoms with E-state index in [1.807, 2.05) is 23.5 Å². The first kappa shape index (κ1) is 17.8. The van der Waals surface area contributed by atoms with Crippen molar-refractivity contribution >= 4 is 17.3 Å². The molecule has 0 aromatic heterocycles. The van der Waals surface area contributed by atoms with Crippen molar-refractivity contribution in [3.8, 4) is 0 Å².